The molecule has 0 heteroatoms. The lowest BCUT2D eigenvalue weighted by molar-refractivity contribution is -0.218. The van der Waals surface area contributed by atoms with Crippen molar-refractivity contribution in [3.63, 3.8) is 0 Å². The fraction of sp³-hybridized carbons (Fsp3) is 1.00. The molecule has 16 fully saturated rings. The molecule has 16 aliphatic carbocycles. The van der Waals surface area contributed by atoms with Gasteiger partial charge in [-0.1, -0.05) is 154 Å². The Morgan fingerprint density at radius 1 is 0.0972 bits per heavy atom. The first-order chi connectivity index (χ1) is 35.7. The van der Waals surface area contributed by atoms with Gasteiger partial charge in [-0.05, 0) is 293 Å². The van der Waals surface area contributed by atoms with Crippen molar-refractivity contribution in [2.75, 3.05) is 0 Å². The van der Waals surface area contributed by atoms with Gasteiger partial charge in [0, 0.05) is 0 Å². The minimum Gasteiger partial charge on any atom is -0.0533 e. The molecule has 0 saturated heterocycles. The molecular weight excluding hydrogens is 865 g/mol. The van der Waals surface area contributed by atoms with E-state index in [2.05, 4.69) is 0 Å². The number of hydrogen-bond donors (Lipinski definition) is 0. The molecule has 0 amide bonds. The highest BCUT2D eigenvalue weighted by molar-refractivity contribution is 5.16. The van der Waals surface area contributed by atoms with Crippen molar-refractivity contribution in [2.45, 2.75) is 270 Å². The minimum absolute atomic E-state index is 1.09. The molecule has 0 aliphatic heterocycles. The van der Waals surface area contributed by atoms with E-state index in [1.165, 1.54) is 0 Å². The van der Waals surface area contributed by atoms with Gasteiger partial charge < -0.3 is 0 Å². The van der Waals surface area contributed by atoms with Gasteiger partial charge in [-0.3, -0.25) is 0 Å². The maximum Gasteiger partial charge on any atom is -0.0315 e. The summed E-state index contributed by atoms with van der Waals surface area (Å²) in [6.07, 6.45) is 69.3. The highest BCUT2D eigenvalue weighted by atomic mass is 14.7. The topological polar surface area (TPSA) is 0 Å². The standard InChI is InChI=1S/C72H114/c1-4-13-43(14-5-1)67-70(58-40-34-52-28-25-46-19-10-22-49-31-37-55(58)64(52)61(46)49)68(44-15-6-2-7-16-44)72(60-42-36-54-30-27-48-21-12-24-51-33-39-57(60)66(54)63(48)51)69(45-17-8-3-9-18-45)71(67)59-41-35-53-29-26-47-20-11-23-50-32-38-56(59)65(53)62(47)50/h43-72H,1-42H2. The van der Waals surface area contributed by atoms with Gasteiger partial charge in [0.05, 0.1) is 0 Å². The molecule has 0 spiro atoms. The van der Waals surface area contributed by atoms with Gasteiger partial charge >= 0.3 is 0 Å². The normalized spacial score (nSPS) is 56.8. The zero-order chi connectivity index (χ0) is 47.0. The molecule has 16 rings (SSSR count). The molecule has 0 aromatic rings. The Hall–Kier alpha value is 0. The molecule has 0 aromatic heterocycles. The van der Waals surface area contributed by atoms with Crippen LogP contribution in [-0.2, 0) is 0 Å². The SMILES string of the molecule is C1CCC(C2C(C3CCC4CCC5CCCC6CCC3C4C56)C(C3CCCCC3)C(C3CCC4CCC5CCCC6CCC3C4C56)C(C3CCCCC3)C2C2CCC3CCC4CCCC5CCC2C3C45)CC1. The van der Waals surface area contributed by atoms with Crippen LogP contribution in [0.4, 0.5) is 0 Å². The molecule has 72 heavy (non-hydrogen) atoms. The fourth-order valence-corrected chi connectivity index (χ4v) is 30.1. The van der Waals surface area contributed by atoms with Crippen LogP contribution >= 0.6 is 0 Å². The van der Waals surface area contributed by atoms with E-state index in [0.29, 0.717) is 0 Å². The summed E-state index contributed by atoms with van der Waals surface area (Å²) in [6, 6.07) is 0. The van der Waals surface area contributed by atoms with E-state index in [-0.39, 0.29) is 0 Å². The summed E-state index contributed by atoms with van der Waals surface area (Å²) >= 11 is 0. The predicted molar refractivity (Wildman–Crippen MR) is 299 cm³/mol. The van der Waals surface area contributed by atoms with E-state index in [1.807, 2.05) is 0 Å². The van der Waals surface area contributed by atoms with Gasteiger partial charge in [-0.25, -0.2) is 0 Å². The van der Waals surface area contributed by atoms with Gasteiger partial charge in [0.25, 0.3) is 0 Å². The number of hydrogen-bond acceptors (Lipinski definition) is 0. The van der Waals surface area contributed by atoms with E-state index < -0.39 is 0 Å². The van der Waals surface area contributed by atoms with E-state index >= 15 is 0 Å². The zero-order valence-electron chi connectivity index (χ0n) is 47.0. The quantitative estimate of drug-likeness (QED) is 0.249. The van der Waals surface area contributed by atoms with Crippen LogP contribution in [0.1, 0.15) is 270 Å². The third-order valence-electron chi connectivity index (χ3n) is 31.5. The third-order valence-corrected chi connectivity index (χ3v) is 31.5. The maximum atomic E-state index is 1.72. The van der Waals surface area contributed by atoms with Crippen molar-refractivity contribution in [3.05, 3.63) is 0 Å². The summed E-state index contributed by atoms with van der Waals surface area (Å²) in [5, 5.41) is 0. The average molecular weight is 980 g/mol. The Bertz CT molecular complexity index is 1600. The molecule has 16 saturated carbocycles. The first-order valence-electron chi connectivity index (χ1n) is 35.7. The van der Waals surface area contributed by atoms with Crippen molar-refractivity contribution >= 4 is 0 Å². The molecule has 21 atom stereocenters. The lowest BCUT2D eigenvalue weighted by atomic mass is 9.35. The predicted octanol–water partition coefficient (Wildman–Crippen LogP) is 20.1. The summed E-state index contributed by atoms with van der Waals surface area (Å²) in [4.78, 5) is 0. The second kappa shape index (κ2) is 20.0. The van der Waals surface area contributed by atoms with Crippen LogP contribution in [0.2, 0.25) is 0 Å². The molecule has 402 valence electrons. The number of rotatable bonds is 6. The average Bonchev–Trinajstić information content (AvgIpc) is 3.45. The van der Waals surface area contributed by atoms with E-state index in [1.54, 1.807) is 270 Å². The zero-order valence-corrected chi connectivity index (χ0v) is 47.0. The van der Waals surface area contributed by atoms with Gasteiger partial charge in [0.15, 0.2) is 0 Å². The highest BCUT2D eigenvalue weighted by Gasteiger charge is 2.67. The summed E-state index contributed by atoms with van der Waals surface area (Å²) < 4.78 is 0. The summed E-state index contributed by atoms with van der Waals surface area (Å²) in [5.41, 5.74) is 0. The van der Waals surface area contributed by atoms with Crippen LogP contribution in [0.25, 0.3) is 0 Å². The summed E-state index contributed by atoms with van der Waals surface area (Å²) in [5.74, 6) is 33.7. The molecule has 0 radical (unpaired) electrons. The van der Waals surface area contributed by atoms with E-state index in [9.17, 15) is 0 Å². The van der Waals surface area contributed by atoms with Crippen LogP contribution in [0.3, 0.4) is 0 Å². The molecule has 0 bridgehead atoms. The molecule has 0 nitrogen and oxygen atoms in total. The van der Waals surface area contributed by atoms with Crippen LogP contribution in [0, 0.1) is 178 Å². The maximum absolute atomic E-state index is 1.72. The largest absolute Gasteiger partial charge is 0.0533 e. The highest BCUT2D eigenvalue weighted by Crippen LogP contribution is 2.74. The Kier molecular flexibility index (Phi) is 13.3. The second-order valence-electron chi connectivity index (χ2n) is 32.9. The fourth-order valence-electron chi connectivity index (χ4n) is 30.1. The Labute approximate surface area is 445 Å². The van der Waals surface area contributed by atoms with Gasteiger partial charge in [0.2, 0.25) is 0 Å². The minimum atomic E-state index is 1.09. The van der Waals surface area contributed by atoms with Crippen LogP contribution < -0.4 is 0 Å². The second-order valence-corrected chi connectivity index (χ2v) is 32.9. The van der Waals surface area contributed by atoms with Crippen molar-refractivity contribution in [3.8, 4) is 0 Å². The first-order valence-corrected chi connectivity index (χ1v) is 35.7. The van der Waals surface area contributed by atoms with Crippen molar-refractivity contribution < 1.29 is 0 Å². The van der Waals surface area contributed by atoms with E-state index in [0.717, 1.165) is 178 Å². The first kappa shape index (κ1) is 48.0. The van der Waals surface area contributed by atoms with Crippen molar-refractivity contribution in [1.82, 2.24) is 0 Å². The van der Waals surface area contributed by atoms with E-state index in [4.69, 9.17) is 0 Å². The van der Waals surface area contributed by atoms with Gasteiger partial charge in [-0.2, -0.15) is 0 Å². The molecule has 0 heterocycles. The molecule has 16 aliphatic rings. The van der Waals surface area contributed by atoms with Gasteiger partial charge in [-0.15, -0.1) is 0 Å². The monoisotopic (exact) mass is 979 g/mol. The van der Waals surface area contributed by atoms with Crippen LogP contribution in [-0.4, -0.2) is 0 Å². The third kappa shape index (κ3) is 7.78. The molecule has 21 unspecified atom stereocenters. The molecule has 0 aromatic carbocycles. The Morgan fingerprint density at radius 3 is 0.500 bits per heavy atom. The van der Waals surface area contributed by atoms with Crippen LogP contribution in [0.15, 0.2) is 0 Å². The molecule has 0 N–H and O–H groups in total. The smallest absolute Gasteiger partial charge is 0.0315 e. The van der Waals surface area contributed by atoms with Gasteiger partial charge in [0.1, 0.15) is 0 Å². The summed E-state index contributed by atoms with van der Waals surface area (Å²) in [6.45, 7) is 0. The summed E-state index contributed by atoms with van der Waals surface area (Å²) in [7, 11) is 0. The Balaban J connectivity index is 0.892. The Morgan fingerprint density at radius 2 is 0.264 bits per heavy atom. The van der Waals surface area contributed by atoms with Crippen LogP contribution in [0.5, 0.6) is 0 Å². The lowest BCUT2D eigenvalue weighted by Crippen LogP contribution is -2.64. The lowest BCUT2D eigenvalue weighted by Gasteiger charge is -2.70. The molecular formula is C72H114. The van der Waals surface area contributed by atoms with Crippen molar-refractivity contribution in [2.24, 2.45) is 178 Å². The van der Waals surface area contributed by atoms with Crippen molar-refractivity contribution in [1.29, 1.82) is 0 Å².